The number of rotatable bonds is 6. The molecule has 1 atom stereocenters. The third kappa shape index (κ3) is 3.66. The Morgan fingerprint density at radius 1 is 1.58 bits per heavy atom. The van der Waals surface area contributed by atoms with E-state index in [1.165, 1.54) is 24.3 Å². The van der Waals surface area contributed by atoms with Crippen LogP contribution in [0, 0.1) is 0 Å². The minimum atomic E-state index is -3.52. The lowest BCUT2D eigenvalue weighted by Gasteiger charge is -2.20. The quantitative estimate of drug-likeness (QED) is 0.806. The molecule has 1 aromatic heterocycles. The summed E-state index contributed by atoms with van der Waals surface area (Å²) in [5.74, 6) is 0. The molecule has 0 saturated heterocycles. The van der Waals surface area contributed by atoms with Gasteiger partial charge in [0.05, 0.1) is 19.1 Å². The van der Waals surface area contributed by atoms with Crippen molar-refractivity contribution in [2.45, 2.75) is 6.08 Å². The summed E-state index contributed by atoms with van der Waals surface area (Å²) in [6.45, 7) is -13.0. The van der Waals surface area contributed by atoms with E-state index in [1.54, 1.807) is 6.07 Å². The van der Waals surface area contributed by atoms with Gasteiger partial charge in [-0.15, -0.1) is 0 Å². The van der Waals surface area contributed by atoms with E-state index >= 15 is 0 Å². The van der Waals surface area contributed by atoms with Gasteiger partial charge in [0, 0.05) is 30.6 Å². The molecule has 19 heavy (non-hydrogen) atoms. The number of aryl methyl sites for hydroxylation is 1. The first kappa shape index (κ1) is 4.72. The van der Waals surface area contributed by atoms with Crippen molar-refractivity contribution in [2.24, 2.45) is 6.98 Å². The lowest BCUT2D eigenvalue weighted by molar-refractivity contribution is 0.0638. The smallest absolute Gasteiger partial charge is 0.124 e. The Morgan fingerprint density at radius 3 is 3.16 bits per heavy atom. The molecule has 0 saturated carbocycles. The maximum absolute atomic E-state index is 8.91. The lowest BCUT2D eigenvalue weighted by Crippen LogP contribution is -2.20. The first-order chi connectivity index (χ1) is 14.3. The molecule has 4 heteroatoms. The molecular weight excluding hydrogens is 238 g/mol. The lowest BCUT2D eigenvalue weighted by atomic mass is 10.1. The highest BCUT2D eigenvalue weighted by Crippen LogP contribution is 2.25. The number of likely N-dealkylation sites (N-methyl/N-ethyl adjacent to an activating group) is 1. The monoisotopic (exact) mass is 272 g/mol. The Kier molecular flexibility index (Phi) is 1.61. The molecule has 0 bridgehead atoms. The molecule has 0 N–H and O–H groups in total. The van der Waals surface area contributed by atoms with Gasteiger partial charge < -0.3 is 9.64 Å². The van der Waals surface area contributed by atoms with Gasteiger partial charge >= 0.3 is 0 Å². The predicted octanol–water partition coefficient (Wildman–Crippen LogP) is 2.09. The maximum atomic E-state index is 8.91. The maximum Gasteiger partial charge on any atom is 0.124 e. The molecule has 0 aliphatic rings. The van der Waals surface area contributed by atoms with Crippen molar-refractivity contribution in [3.05, 3.63) is 53.8 Å². The van der Waals surface area contributed by atoms with Gasteiger partial charge in [0.2, 0.25) is 0 Å². The fraction of sp³-hybridized carbons (Fsp3) is 0.400. The van der Waals surface area contributed by atoms with Crippen molar-refractivity contribution in [2.75, 3.05) is 27.1 Å². The summed E-state index contributed by atoms with van der Waals surface area (Å²) >= 11 is 0. The van der Waals surface area contributed by atoms with Crippen molar-refractivity contribution in [1.82, 2.24) is 14.7 Å². The zero-order valence-corrected chi connectivity index (χ0v) is 10.1. The second kappa shape index (κ2) is 6.50. The average Bonchev–Trinajstić information content (AvgIpc) is 2.96. The standard InChI is InChI=1S/C15H21N3O/c1-17(2)11-12-19-15(13-7-5-4-6-8-13)14-9-10-16-18(14)3/h4-10,15H,11-12H2,1-3H3/i1D3,3D3,9D,10D,11D2,12D2,15D. The van der Waals surface area contributed by atoms with Crippen LogP contribution in [0.25, 0.3) is 0 Å². The number of ether oxygens (including phenoxy) is 1. The number of hydrogen-bond donors (Lipinski definition) is 0. The molecule has 2 aromatic rings. The second-order valence-corrected chi connectivity index (χ2v) is 3.57. The Labute approximate surface area is 132 Å². The third-order valence-corrected chi connectivity index (χ3v) is 2.15. The molecule has 0 aliphatic carbocycles. The summed E-state index contributed by atoms with van der Waals surface area (Å²) < 4.78 is 108. The number of nitrogens with zero attached hydrogens (tertiary/aromatic N) is 3. The SMILES string of the molecule is [2H]c1nn(C([2H])([2H])[2H])c(C([2H])(OC([2H])([2H])C([2H])([2H])N(C)C([2H])([2H])[2H])c2ccccc2)c1[2H]. The summed E-state index contributed by atoms with van der Waals surface area (Å²) in [4.78, 5) is 0.101. The summed E-state index contributed by atoms with van der Waals surface area (Å²) in [5, 5.41) is 3.46. The molecule has 0 aliphatic heterocycles. The number of hydrogen-bond acceptors (Lipinski definition) is 3. The first-order valence-corrected chi connectivity index (χ1v) is 5.33. The molecule has 102 valence electrons. The van der Waals surface area contributed by atoms with Crippen molar-refractivity contribution >= 4 is 0 Å². The molecule has 1 unspecified atom stereocenters. The van der Waals surface area contributed by atoms with Crippen LogP contribution >= 0.6 is 0 Å². The van der Waals surface area contributed by atoms with Crippen molar-refractivity contribution in [3.8, 4) is 0 Å². The van der Waals surface area contributed by atoms with E-state index in [-0.39, 0.29) is 15.1 Å². The van der Waals surface area contributed by atoms with E-state index in [0.717, 1.165) is 7.05 Å². The molecule has 4 nitrogen and oxygen atoms in total. The van der Waals surface area contributed by atoms with Crippen LogP contribution in [-0.2, 0) is 11.7 Å². The highest BCUT2D eigenvalue weighted by atomic mass is 16.5. The van der Waals surface area contributed by atoms with Crippen LogP contribution < -0.4 is 0 Å². The second-order valence-electron chi connectivity index (χ2n) is 3.57. The van der Waals surface area contributed by atoms with Gasteiger partial charge in [-0.25, -0.2) is 0 Å². The summed E-state index contributed by atoms with van der Waals surface area (Å²) in [7, 11) is 0.798. The first-order valence-electron chi connectivity index (χ1n) is 11.8. The fourth-order valence-corrected chi connectivity index (χ4v) is 1.36. The van der Waals surface area contributed by atoms with Crippen molar-refractivity contribution in [3.63, 3.8) is 0 Å². The van der Waals surface area contributed by atoms with E-state index in [1.807, 2.05) is 0 Å². The Balaban J connectivity index is 2.78. The topological polar surface area (TPSA) is 30.3 Å². The number of aromatic nitrogens is 2. The fourth-order valence-electron chi connectivity index (χ4n) is 1.36. The van der Waals surface area contributed by atoms with E-state index in [0.29, 0.717) is 0 Å². The minimum absolute atomic E-state index is 0.101. The zero-order valence-electron chi connectivity index (χ0n) is 23.1. The van der Waals surface area contributed by atoms with Gasteiger partial charge in [-0.05, 0) is 25.6 Å². The molecule has 0 fully saturated rings. The molecular formula is C15H21N3O. The molecule has 2 rings (SSSR count). The molecule has 0 radical (unpaired) electrons. The molecule has 1 heterocycles. The van der Waals surface area contributed by atoms with Gasteiger partial charge in [-0.2, -0.15) is 5.10 Å². The normalized spacial score (nSPS) is 27.4. The van der Waals surface area contributed by atoms with Gasteiger partial charge in [-0.1, -0.05) is 30.3 Å². The molecule has 1 aromatic carbocycles. The van der Waals surface area contributed by atoms with Crippen LogP contribution in [0.5, 0.6) is 0 Å². The highest BCUT2D eigenvalue weighted by Gasteiger charge is 2.17. The van der Waals surface area contributed by atoms with Gasteiger partial charge in [-0.3, -0.25) is 4.68 Å². The van der Waals surface area contributed by atoms with Gasteiger partial charge in [0.1, 0.15) is 6.08 Å². The molecule has 0 amide bonds. The van der Waals surface area contributed by atoms with Crippen LogP contribution in [0.3, 0.4) is 0 Å². The molecule has 0 spiro atoms. The largest absolute Gasteiger partial charge is 0.366 e. The summed E-state index contributed by atoms with van der Waals surface area (Å²) in [5.41, 5.74) is -1.04. The summed E-state index contributed by atoms with van der Waals surface area (Å²) in [6.07, 6.45) is -3.72. The van der Waals surface area contributed by atoms with Crippen LogP contribution in [0.4, 0.5) is 0 Å². The van der Waals surface area contributed by atoms with E-state index in [9.17, 15) is 0 Å². The third-order valence-electron chi connectivity index (χ3n) is 2.15. The van der Waals surface area contributed by atoms with E-state index in [2.05, 4.69) is 5.10 Å². The van der Waals surface area contributed by atoms with Crippen LogP contribution in [0.15, 0.2) is 42.5 Å². The van der Waals surface area contributed by atoms with Crippen LogP contribution in [0.2, 0.25) is 0 Å². The summed E-state index contributed by atoms with van der Waals surface area (Å²) in [6, 6.07) is 6.04. The van der Waals surface area contributed by atoms with Crippen LogP contribution in [-0.4, -0.2) is 41.8 Å². The van der Waals surface area contributed by atoms with Crippen LogP contribution in [0.1, 0.15) is 35.2 Å². The predicted molar refractivity (Wildman–Crippen MR) is 76.0 cm³/mol. The number of benzene rings is 1. The Bertz CT molecular complexity index is 954. The Morgan fingerprint density at radius 2 is 2.42 bits per heavy atom. The van der Waals surface area contributed by atoms with Gasteiger partial charge in [0.15, 0.2) is 0 Å². The Hall–Kier alpha value is -1.65. The zero-order chi connectivity index (χ0) is 24.9. The average molecular weight is 272 g/mol. The minimum Gasteiger partial charge on any atom is -0.366 e. The van der Waals surface area contributed by atoms with Gasteiger partial charge in [0.25, 0.3) is 0 Å². The van der Waals surface area contributed by atoms with E-state index < -0.39 is 51.0 Å². The van der Waals surface area contributed by atoms with Crippen molar-refractivity contribution in [1.29, 1.82) is 0 Å². The van der Waals surface area contributed by atoms with Crippen molar-refractivity contribution < 1.29 is 22.6 Å². The highest BCUT2D eigenvalue weighted by molar-refractivity contribution is 5.25. The van der Waals surface area contributed by atoms with E-state index in [4.69, 9.17) is 22.6 Å².